The lowest BCUT2D eigenvalue weighted by atomic mass is 10.1. The van der Waals surface area contributed by atoms with Crippen molar-refractivity contribution in [2.75, 3.05) is 17.1 Å². The summed E-state index contributed by atoms with van der Waals surface area (Å²) in [5.74, 6) is -1.40. The molecule has 10 nitrogen and oxygen atoms in total. The topological polar surface area (TPSA) is 154 Å². The van der Waals surface area contributed by atoms with Gasteiger partial charge in [-0.1, -0.05) is 29.8 Å². The van der Waals surface area contributed by atoms with Gasteiger partial charge in [0, 0.05) is 17.1 Å². The normalized spacial score (nSPS) is 11.3. The summed E-state index contributed by atoms with van der Waals surface area (Å²) in [6.45, 7) is 1.10. The molecule has 3 rings (SSSR count). The number of nitrogens with one attached hydrogen (secondary N) is 2. The molecule has 0 heterocycles. The van der Waals surface area contributed by atoms with E-state index in [9.17, 15) is 26.4 Å². The van der Waals surface area contributed by atoms with Gasteiger partial charge in [-0.2, -0.15) is 5.26 Å². The maximum absolute atomic E-state index is 13.5. The maximum atomic E-state index is 13.5. The van der Waals surface area contributed by atoms with Gasteiger partial charge in [-0.15, -0.1) is 0 Å². The molecule has 0 atom stereocenters. The quantitative estimate of drug-likeness (QED) is 0.398. The lowest BCUT2D eigenvalue weighted by Gasteiger charge is -2.26. The molecule has 0 saturated carbocycles. The standard InChI is InChI=1S/C25H23ClN4O6S2/c1-17-22(26)4-3-5-23(17)30(38(35,36)21-12-8-18(14-27)9-13-21)16-24(31)28-15-19-6-10-20(11-7-19)25(32)29-37(2,33)34/h3-13H,15-16H2,1-2H3,(H,28,31)(H,29,32). The Morgan fingerprint density at radius 3 is 2.18 bits per heavy atom. The SMILES string of the molecule is Cc1c(Cl)cccc1N(CC(=O)NCc1ccc(C(=O)NS(C)(=O)=O)cc1)S(=O)(=O)c1ccc(C#N)cc1. The monoisotopic (exact) mass is 574 g/mol. The fourth-order valence-corrected chi connectivity index (χ4v) is 5.49. The van der Waals surface area contributed by atoms with Crippen molar-refractivity contribution < 1.29 is 26.4 Å². The zero-order valence-electron chi connectivity index (χ0n) is 20.3. The summed E-state index contributed by atoms with van der Waals surface area (Å²) in [5.41, 5.74) is 1.67. The molecule has 0 aliphatic rings. The van der Waals surface area contributed by atoms with Crippen LogP contribution in [0.3, 0.4) is 0 Å². The molecule has 0 radical (unpaired) electrons. The van der Waals surface area contributed by atoms with E-state index in [1.807, 2.05) is 10.8 Å². The number of sulfonamides is 2. The number of rotatable bonds is 9. The van der Waals surface area contributed by atoms with Crippen LogP contribution in [-0.4, -0.2) is 41.5 Å². The summed E-state index contributed by atoms with van der Waals surface area (Å²) < 4.78 is 52.4. The summed E-state index contributed by atoms with van der Waals surface area (Å²) >= 11 is 6.22. The van der Waals surface area contributed by atoms with Gasteiger partial charge in [-0.05, 0) is 66.6 Å². The van der Waals surface area contributed by atoms with Gasteiger partial charge in [0.25, 0.3) is 15.9 Å². The predicted molar refractivity (Wildman–Crippen MR) is 142 cm³/mol. The van der Waals surface area contributed by atoms with E-state index in [1.165, 1.54) is 54.6 Å². The van der Waals surface area contributed by atoms with Crippen molar-refractivity contribution in [2.45, 2.75) is 18.4 Å². The molecule has 3 aromatic carbocycles. The summed E-state index contributed by atoms with van der Waals surface area (Å²) in [6.07, 6.45) is 0.866. The Balaban J connectivity index is 1.81. The van der Waals surface area contributed by atoms with E-state index in [1.54, 1.807) is 19.1 Å². The lowest BCUT2D eigenvalue weighted by molar-refractivity contribution is -0.119. The number of hydrogen-bond donors (Lipinski definition) is 2. The van der Waals surface area contributed by atoms with E-state index in [0.717, 1.165) is 10.6 Å². The Kier molecular flexibility index (Phi) is 8.78. The third-order valence-corrected chi connectivity index (χ3v) is 8.09. The van der Waals surface area contributed by atoms with Crippen molar-refractivity contribution in [3.05, 3.63) is 94.0 Å². The number of amides is 2. The molecule has 0 fully saturated rings. The zero-order chi connectivity index (χ0) is 28.1. The van der Waals surface area contributed by atoms with Crippen molar-refractivity contribution in [3.63, 3.8) is 0 Å². The van der Waals surface area contributed by atoms with Crippen LogP contribution in [0.1, 0.15) is 27.0 Å². The Labute approximate surface area is 226 Å². The summed E-state index contributed by atoms with van der Waals surface area (Å²) in [7, 11) is -7.93. The van der Waals surface area contributed by atoms with E-state index in [-0.39, 0.29) is 28.3 Å². The van der Waals surface area contributed by atoms with Gasteiger partial charge in [0.1, 0.15) is 6.54 Å². The molecule has 198 valence electrons. The molecule has 0 bridgehead atoms. The molecule has 0 aromatic heterocycles. The van der Waals surface area contributed by atoms with Crippen LogP contribution in [0.15, 0.2) is 71.6 Å². The van der Waals surface area contributed by atoms with Gasteiger partial charge in [-0.3, -0.25) is 13.9 Å². The molecule has 13 heteroatoms. The Bertz CT molecular complexity index is 1620. The van der Waals surface area contributed by atoms with Crippen LogP contribution >= 0.6 is 11.6 Å². The molecular weight excluding hydrogens is 552 g/mol. The summed E-state index contributed by atoms with van der Waals surface area (Å²) in [6, 6.07) is 17.8. The van der Waals surface area contributed by atoms with E-state index < -0.39 is 38.4 Å². The Morgan fingerprint density at radius 1 is 0.974 bits per heavy atom. The van der Waals surface area contributed by atoms with Gasteiger partial charge in [0.2, 0.25) is 15.9 Å². The third kappa shape index (κ3) is 7.10. The van der Waals surface area contributed by atoms with Gasteiger partial charge < -0.3 is 5.32 Å². The number of benzene rings is 3. The molecule has 2 N–H and O–H groups in total. The molecule has 0 aliphatic carbocycles. The highest BCUT2D eigenvalue weighted by Gasteiger charge is 2.29. The first-order valence-electron chi connectivity index (χ1n) is 11.0. The van der Waals surface area contributed by atoms with E-state index >= 15 is 0 Å². The Hall–Kier alpha value is -3.92. The van der Waals surface area contributed by atoms with Crippen LogP contribution in [0.4, 0.5) is 5.69 Å². The van der Waals surface area contributed by atoms with Gasteiger partial charge in [0.05, 0.1) is 28.5 Å². The van der Waals surface area contributed by atoms with Crippen molar-refractivity contribution in [3.8, 4) is 6.07 Å². The van der Waals surface area contributed by atoms with Crippen molar-refractivity contribution in [1.29, 1.82) is 5.26 Å². The smallest absolute Gasteiger partial charge is 0.264 e. The van der Waals surface area contributed by atoms with Crippen LogP contribution < -0.4 is 14.3 Å². The highest BCUT2D eigenvalue weighted by atomic mass is 35.5. The zero-order valence-corrected chi connectivity index (χ0v) is 22.7. The predicted octanol–water partition coefficient (Wildman–Crippen LogP) is 2.72. The van der Waals surface area contributed by atoms with Gasteiger partial charge >= 0.3 is 0 Å². The minimum Gasteiger partial charge on any atom is -0.350 e. The first-order chi connectivity index (χ1) is 17.8. The molecule has 0 spiro atoms. The first kappa shape index (κ1) is 28.6. The van der Waals surface area contributed by atoms with Crippen LogP contribution in [0.5, 0.6) is 0 Å². The van der Waals surface area contributed by atoms with Gasteiger partial charge in [-0.25, -0.2) is 21.6 Å². The minimum atomic E-state index is -4.22. The molecule has 0 unspecified atom stereocenters. The van der Waals surface area contributed by atoms with Crippen LogP contribution in [0, 0.1) is 18.3 Å². The molecule has 0 aliphatic heterocycles. The highest BCUT2D eigenvalue weighted by molar-refractivity contribution is 7.92. The first-order valence-corrected chi connectivity index (χ1v) is 14.7. The minimum absolute atomic E-state index is 0.0199. The largest absolute Gasteiger partial charge is 0.350 e. The van der Waals surface area contributed by atoms with Crippen molar-refractivity contribution >= 4 is 49.1 Å². The highest BCUT2D eigenvalue weighted by Crippen LogP contribution is 2.30. The second-order valence-electron chi connectivity index (χ2n) is 8.21. The Morgan fingerprint density at radius 2 is 1.61 bits per heavy atom. The van der Waals surface area contributed by atoms with Crippen molar-refractivity contribution in [1.82, 2.24) is 10.0 Å². The molecule has 3 aromatic rings. The number of hydrogen-bond acceptors (Lipinski definition) is 7. The van der Waals surface area contributed by atoms with Crippen LogP contribution in [0.25, 0.3) is 0 Å². The van der Waals surface area contributed by atoms with Crippen LogP contribution in [-0.2, 0) is 31.4 Å². The number of halogens is 1. The van der Waals surface area contributed by atoms with E-state index in [0.29, 0.717) is 16.1 Å². The third-order valence-electron chi connectivity index (χ3n) is 5.35. The number of carbonyl (C=O) groups excluding carboxylic acids is 2. The average Bonchev–Trinajstić information content (AvgIpc) is 2.87. The number of carbonyl (C=O) groups is 2. The van der Waals surface area contributed by atoms with E-state index in [4.69, 9.17) is 16.9 Å². The second-order valence-corrected chi connectivity index (χ2v) is 12.2. The number of anilines is 1. The lowest BCUT2D eigenvalue weighted by Crippen LogP contribution is -2.41. The molecule has 2 amide bonds. The van der Waals surface area contributed by atoms with Crippen LogP contribution in [0.2, 0.25) is 5.02 Å². The summed E-state index contributed by atoms with van der Waals surface area (Å²) in [4.78, 5) is 24.7. The van der Waals surface area contributed by atoms with E-state index in [2.05, 4.69) is 5.32 Å². The number of nitrogens with zero attached hydrogens (tertiary/aromatic N) is 2. The summed E-state index contributed by atoms with van der Waals surface area (Å²) in [5, 5.41) is 12.0. The fourth-order valence-electron chi connectivity index (χ4n) is 3.38. The maximum Gasteiger partial charge on any atom is 0.264 e. The van der Waals surface area contributed by atoms with Crippen molar-refractivity contribution in [2.24, 2.45) is 0 Å². The fraction of sp³-hybridized carbons (Fsp3) is 0.160. The second kappa shape index (κ2) is 11.6. The molecular formula is C25H23ClN4O6S2. The number of nitriles is 1. The molecule has 0 saturated heterocycles. The molecule has 38 heavy (non-hydrogen) atoms. The average molecular weight is 575 g/mol. The van der Waals surface area contributed by atoms with Gasteiger partial charge in [0.15, 0.2) is 0 Å².